The van der Waals surface area contributed by atoms with E-state index in [0.717, 1.165) is 0 Å². The summed E-state index contributed by atoms with van der Waals surface area (Å²) in [5, 5.41) is 11.9. The van der Waals surface area contributed by atoms with E-state index in [1.165, 1.54) is 6.33 Å². The van der Waals surface area contributed by atoms with Crippen LogP contribution in [-0.2, 0) is 9.53 Å². The first-order valence-electron chi connectivity index (χ1n) is 11.3. The van der Waals surface area contributed by atoms with Gasteiger partial charge in [-0.25, -0.2) is 4.98 Å². The predicted octanol–water partition coefficient (Wildman–Crippen LogP) is 4.19. The normalized spacial score (nSPS) is 13.8. The number of hydrogen-bond donors (Lipinski definition) is 0. The molecule has 0 bridgehead atoms. The van der Waals surface area contributed by atoms with Gasteiger partial charge in [0.15, 0.2) is 5.78 Å². The fraction of sp³-hybridized carbons (Fsp3) is 0.280. The van der Waals surface area contributed by atoms with Gasteiger partial charge in [-0.05, 0) is 44.0 Å². The van der Waals surface area contributed by atoms with Gasteiger partial charge in [0.25, 0.3) is 0 Å². The molecule has 0 atom stereocenters. The van der Waals surface area contributed by atoms with Crippen LogP contribution in [0.1, 0.15) is 35.7 Å². The number of carbonyl (C=O) groups is 2. The van der Waals surface area contributed by atoms with Crippen LogP contribution in [0.2, 0.25) is 0 Å². The van der Waals surface area contributed by atoms with Crippen molar-refractivity contribution in [3.63, 3.8) is 0 Å². The van der Waals surface area contributed by atoms with E-state index in [4.69, 9.17) is 9.47 Å². The zero-order valence-electron chi connectivity index (χ0n) is 19.1. The van der Waals surface area contributed by atoms with Gasteiger partial charge < -0.3 is 14.4 Å². The molecule has 2 heterocycles. The lowest BCUT2D eigenvalue weighted by Gasteiger charge is -2.31. The molecular formula is C25H24N4O6. The molecule has 1 aromatic heterocycles. The van der Waals surface area contributed by atoms with Crippen molar-refractivity contribution < 1.29 is 24.0 Å². The van der Waals surface area contributed by atoms with Gasteiger partial charge in [-0.2, -0.15) is 4.98 Å². The summed E-state index contributed by atoms with van der Waals surface area (Å²) in [5.41, 5.74) is 0.668. The molecule has 1 aliphatic heterocycles. The first-order valence-corrected chi connectivity index (χ1v) is 11.3. The van der Waals surface area contributed by atoms with Crippen molar-refractivity contribution in [3.05, 3.63) is 82.2 Å². The number of nitrogens with zero attached hydrogens (tertiary/aromatic N) is 4. The van der Waals surface area contributed by atoms with Gasteiger partial charge in [-0.15, -0.1) is 0 Å². The van der Waals surface area contributed by atoms with Crippen LogP contribution in [0.4, 0.5) is 11.5 Å². The lowest BCUT2D eigenvalue weighted by molar-refractivity contribution is -0.385. The molecule has 3 aromatic rings. The molecule has 0 spiro atoms. The molecule has 1 saturated heterocycles. The van der Waals surface area contributed by atoms with Gasteiger partial charge in [-0.3, -0.25) is 19.7 Å². The van der Waals surface area contributed by atoms with Crippen LogP contribution in [0.15, 0.2) is 60.9 Å². The topological polar surface area (TPSA) is 125 Å². The quantitative estimate of drug-likeness (QED) is 0.204. The molecule has 0 amide bonds. The Balaban J connectivity index is 1.51. The van der Waals surface area contributed by atoms with E-state index in [2.05, 4.69) is 9.97 Å². The Bertz CT molecular complexity index is 1210. The maximum absolute atomic E-state index is 12.6. The van der Waals surface area contributed by atoms with Crippen LogP contribution in [0, 0.1) is 16.0 Å². The Hall–Kier alpha value is -4.34. The van der Waals surface area contributed by atoms with Crippen LogP contribution >= 0.6 is 0 Å². The molecule has 0 N–H and O–H groups in total. The molecule has 35 heavy (non-hydrogen) atoms. The molecule has 0 saturated carbocycles. The van der Waals surface area contributed by atoms with Crippen LogP contribution in [-0.4, -0.2) is 46.3 Å². The molecule has 2 aromatic carbocycles. The third-order valence-corrected chi connectivity index (χ3v) is 5.73. The largest absolute Gasteiger partial charge is 0.466 e. The zero-order valence-corrected chi connectivity index (χ0v) is 19.1. The summed E-state index contributed by atoms with van der Waals surface area (Å²) < 4.78 is 10.8. The number of carbonyl (C=O) groups excluding carboxylic acids is 2. The van der Waals surface area contributed by atoms with Crippen molar-refractivity contribution in [2.45, 2.75) is 19.8 Å². The summed E-state index contributed by atoms with van der Waals surface area (Å²) >= 11 is 0. The molecule has 0 radical (unpaired) electrons. The monoisotopic (exact) mass is 476 g/mol. The highest BCUT2D eigenvalue weighted by atomic mass is 16.6. The summed E-state index contributed by atoms with van der Waals surface area (Å²) in [4.78, 5) is 45.8. The van der Waals surface area contributed by atoms with Gasteiger partial charge in [0, 0.05) is 24.2 Å². The molecule has 0 unspecified atom stereocenters. The fourth-order valence-corrected chi connectivity index (χ4v) is 3.95. The number of hydrogen-bond acceptors (Lipinski definition) is 9. The van der Waals surface area contributed by atoms with E-state index in [1.54, 1.807) is 60.4 Å². The molecule has 180 valence electrons. The number of esters is 1. The summed E-state index contributed by atoms with van der Waals surface area (Å²) in [6, 6.07) is 15.2. The maximum Gasteiger partial charge on any atom is 0.373 e. The molecule has 4 rings (SSSR count). The predicted molar refractivity (Wildman–Crippen MR) is 127 cm³/mol. The van der Waals surface area contributed by atoms with E-state index in [1.807, 2.05) is 6.07 Å². The first-order chi connectivity index (χ1) is 17.0. The number of rotatable bonds is 8. The maximum atomic E-state index is 12.6. The van der Waals surface area contributed by atoms with Crippen molar-refractivity contribution in [3.8, 4) is 11.6 Å². The Morgan fingerprint density at radius 1 is 1.03 bits per heavy atom. The third-order valence-electron chi connectivity index (χ3n) is 5.73. The third kappa shape index (κ3) is 5.43. The Kier molecular flexibility index (Phi) is 7.30. The molecule has 1 aliphatic rings. The van der Waals surface area contributed by atoms with Crippen LogP contribution < -0.4 is 9.64 Å². The molecule has 0 aliphatic carbocycles. The lowest BCUT2D eigenvalue weighted by atomic mass is 9.97. The van der Waals surface area contributed by atoms with Crippen molar-refractivity contribution in [2.24, 2.45) is 5.92 Å². The lowest BCUT2D eigenvalue weighted by Crippen LogP contribution is -2.37. The van der Waals surface area contributed by atoms with E-state index < -0.39 is 4.92 Å². The van der Waals surface area contributed by atoms with Gasteiger partial charge in [0.2, 0.25) is 5.82 Å². The minimum Gasteiger partial charge on any atom is -0.466 e. The zero-order chi connectivity index (χ0) is 24.8. The van der Waals surface area contributed by atoms with E-state index >= 15 is 0 Å². The van der Waals surface area contributed by atoms with Gasteiger partial charge in [0.05, 0.1) is 17.4 Å². The SMILES string of the molecule is CCOC(=O)C1CCN(c2ncnc(Oc3ccc(C(=O)c4ccccc4)cc3)c2[N+](=O)[O-])CC1. The number of benzene rings is 2. The fourth-order valence-electron chi connectivity index (χ4n) is 3.95. The average Bonchev–Trinajstić information content (AvgIpc) is 2.89. The minimum absolute atomic E-state index is 0.137. The van der Waals surface area contributed by atoms with E-state index in [-0.39, 0.29) is 35.1 Å². The molecule has 1 fully saturated rings. The van der Waals surface area contributed by atoms with E-state index in [0.29, 0.717) is 49.4 Å². The van der Waals surface area contributed by atoms with Gasteiger partial charge in [-0.1, -0.05) is 30.3 Å². The van der Waals surface area contributed by atoms with Crippen molar-refractivity contribution >= 4 is 23.3 Å². The van der Waals surface area contributed by atoms with Crippen molar-refractivity contribution in [2.75, 3.05) is 24.6 Å². The van der Waals surface area contributed by atoms with Gasteiger partial charge >= 0.3 is 17.5 Å². The summed E-state index contributed by atoms with van der Waals surface area (Å²) in [5.74, 6) is -0.391. The summed E-state index contributed by atoms with van der Waals surface area (Å²) in [6.45, 7) is 2.90. The summed E-state index contributed by atoms with van der Waals surface area (Å²) in [7, 11) is 0. The standard InChI is InChI=1S/C25H24N4O6/c1-2-34-25(31)19-12-14-28(15-13-19)23-21(29(32)33)24(27-16-26-23)35-20-10-8-18(9-11-20)22(30)17-6-4-3-5-7-17/h3-11,16,19H,2,12-15H2,1H3. The van der Waals surface area contributed by atoms with Crippen LogP contribution in [0.5, 0.6) is 11.6 Å². The minimum atomic E-state index is -0.574. The number of ether oxygens (including phenoxy) is 2. The molecule has 10 heteroatoms. The second kappa shape index (κ2) is 10.7. The molecule has 10 nitrogen and oxygen atoms in total. The highest BCUT2D eigenvalue weighted by Gasteiger charge is 2.33. The average molecular weight is 476 g/mol. The van der Waals surface area contributed by atoms with E-state index in [9.17, 15) is 19.7 Å². The number of ketones is 1. The number of aromatic nitrogens is 2. The van der Waals surface area contributed by atoms with Crippen molar-refractivity contribution in [1.82, 2.24) is 9.97 Å². The highest BCUT2D eigenvalue weighted by Crippen LogP contribution is 2.37. The van der Waals surface area contributed by atoms with Crippen LogP contribution in [0.3, 0.4) is 0 Å². The second-order valence-corrected chi connectivity index (χ2v) is 7.94. The Morgan fingerprint density at radius 2 is 1.69 bits per heavy atom. The molecular weight excluding hydrogens is 452 g/mol. The number of piperidine rings is 1. The summed E-state index contributed by atoms with van der Waals surface area (Å²) in [6.07, 6.45) is 2.22. The smallest absolute Gasteiger partial charge is 0.373 e. The number of nitro groups is 1. The van der Waals surface area contributed by atoms with Gasteiger partial charge in [0.1, 0.15) is 12.1 Å². The second-order valence-electron chi connectivity index (χ2n) is 7.94. The Labute approximate surface area is 201 Å². The number of anilines is 1. The first kappa shape index (κ1) is 23.8. The Morgan fingerprint density at radius 3 is 2.31 bits per heavy atom. The van der Waals surface area contributed by atoms with Crippen molar-refractivity contribution in [1.29, 1.82) is 0 Å². The highest BCUT2D eigenvalue weighted by molar-refractivity contribution is 6.09. The van der Waals surface area contributed by atoms with Crippen LogP contribution in [0.25, 0.3) is 0 Å².